The van der Waals surface area contributed by atoms with Crippen LogP contribution in [0.25, 0.3) is 0 Å². The smallest absolute Gasteiger partial charge is 0.188 e. The van der Waals surface area contributed by atoms with E-state index in [4.69, 9.17) is 5.73 Å². The number of hydrogen-bond acceptors (Lipinski definition) is 1. The van der Waals surface area contributed by atoms with Gasteiger partial charge in [0.1, 0.15) is 11.6 Å². The van der Waals surface area contributed by atoms with E-state index in [1.54, 1.807) is 7.05 Å². The molecule has 2 unspecified atom stereocenters. The molecule has 17 heavy (non-hydrogen) atoms. The number of halogens is 3. The van der Waals surface area contributed by atoms with Gasteiger partial charge in [0.15, 0.2) is 5.96 Å². The molecule has 1 aliphatic rings. The summed E-state index contributed by atoms with van der Waals surface area (Å²) in [7, 11) is 1.56. The summed E-state index contributed by atoms with van der Waals surface area (Å²) >= 11 is 0. The molecule has 1 fully saturated rings. The van der Waals surface area contributed by atoms with Crippen LogP contribution in [-0.4, -0.2) is 19.0 Å². The lowest BCUT2D eigenvalue weighted by molar-refractivity contribution is 0.554. The lowest BCUT2D eigenvalue weighted by atomic mass is 10.1. The van der Waals surface area contributed by atoms with Crippen LogP contribution in [0.5, 0.6) is 0 Å². The molecule has 0 aliphatic heterocycles. The van der Waals surface area contributed by atoms with Gasteiger partial charge in [-0.2, -0.15) is 0 Å². The summed E-state index contributed by atoms with van der Waals surface area (Å²) < 4.78 is 26.8. The average molecular weight is 353 g/mol. The zero-order chi connectivity index (χ0) is 11.7. The molecule has 6 heteroatoms. The van der Waals surface area contributed by atoms with E-state index < -0.39 is 11.6 Å². The average Bonchev–Trinajstić information content (AvgIpc) is 2.97. The number of nitrogens with zero attached hydrogens (tertiary/aromatic N) is 1. The molecule has 3 nitrogen and oxygen atoms in total. The molecule has 2 atom stereocenters. The van der Waals surface area contributed by atoms with Crippen molar-refractivity contribution in [2.24, 2.45) is 10.7 Å². The summed E-state index contributed by atoms with van der Waals surface area (Å²) in [6, 6.07) is 3.88. The highest BCUT2D eigenvalue weighted by atomic mass is 127. The Balaban J connectivity index is 0.00000144. The van der Waals surface area contributed by atoms with Crippen molar-refractivity contribution in [2.45, 2.75) is 18.4 Å². The Kier molecular flexibility index (Phi) is 4.67. The van der Waals surface area contributed by atoms with Crippen molar-refractivity contribution in [2.75, 3.05) is 7.05 Å². The minimum absolute atomic E-state index is 0. The van der Waals surface area contributed by atoms with E-state index >= 15 is 0 Å². The lowest BCUT2D eigenvalue weighted by Gasteiger charge is -2.06. The van der Waals surface area contributed by atoms with Crippen LogP contribution in [0.15, 0.2) is 23.2 Å². The molecule has 1 saturated carbocycles. The number of nitrogens with two attached hydrogens (primary N) is 1. The SMILES string of the molecule is CN=C(N)NC1CC1c1c(F)cccc1F.I. The minimum atomic E-state index is -0.499. The molecule has 0 aromatic heterocycles. The van der Waals surface area contributed by atoms with Crippen molar-refractivity contribution in [3.05, 3.63) is 35.4 Å². The van der Waals surface area contributed by atoms with Gasteiger partial charge in [-0.25, -0.2) is 8.78 Å². The maximum atomic E-state index is 13.4. The van der Waals surface area contributed by atoms with E-state index in [-0.39, 0.29) is 41.5 Å². The van der Waals surface area contributed by atoms with Crippen LogP contribution in [0.1, 0.15) is 17.9 Å². The highest BCUT2D eigenvalue weighted by molar-refractivity contribution is 14.0. The van der Waals surface area contributed by atoms with Crippen molar-refractivity contribution in [1.29, 1.82) is 0 Å². The van der Waals surface area contributed by atoms with Gasteiger partial charge in [-0.15, -0.1) is 24.0 Å². The summed E-state index contributed by atoms with van der Waals surface area (Å²) in [5.41, 5.74) is 5.62. The Morgan fingerprint density at radius 1 is 1.41 bits per heavy atom. The minimum Gasteiger partial charge on any atom is -0.370 e. The van der Waals surface area contributed by atoms with Crippen molar-refractivity contribution in [3.63, 3.8) is 0 Å². The van der Waals surface area contributed by atoms with E-state index in [2.05, 4.69) is 10.3 Å². The molecule has 0 spiro atoms. The molecule has 0 amide bonds. The monoisotopic (exact) mass is 353 g/mol. The number of hydrogen-bond donors (Lipinski definition) is 2. The van der Waals surface area contributed by atoms with Crippen LogP contribution in [0, 0.1) is 11.6 Å². The van der Waals surface area contributed by atoms with Crippen LogP contribution in [-0.2, 0) is 0 Å². The number of benzene rings is 1. The number of guanidine groups is 1. The van der Waals surface area contributed by atoms with E-state index in [0.717, 1.165) is 0 Å². The quantitative estimate of drug-likeness (QED) is 0.485. The van der Waals surface area contributed by atoms with Crippen molar-refractivity contribution in [3.8, 4) is 0 Å². The van der Waals surface area contributed by atoms with E-state index in [0.29, 0.717) is 12.4 Å². The first kappa shape index (κ1) is 14.1. The summed E-state index contributed by atoms with van der Waals surface area (Å²) in [6.45, 7) is 0. The Bertz CT molecular complexity index is 416. The van der Waals surface area contributed by atoms with Gasteiger partial charge < -0.3 is 11.1 Å². The third-order valence-corrected chi connectivity index (χ3v) is 2.74. The first-order chi connectivity index (χ1) is 7.63. The van der Waals surface area contributed by atoms with Crippen molar-refractivity contribution in [1.82, 2.24) is 5.32 Å². The molecule has 0 saturated heterocycles. The zero-order valence-corrected chi connectivity index (χ0v) is 11.6. The van der Waals surface area contributed by atoms with Crippen molar-refractivity contribution >= 4 is 29.9 Å². The second-order valence-corrected chi connectivity index (χ2v) is 3.84. The van der Waals surface area contributed by atoms with E-state index in [9.17, 15) is 8.78 Å². The Morgan fingerprint density at radius 3 is 2.53 bits per heavy atom. The first-order valence-corrected chi connectivity index (χ1v) is 5.06. The standard InChI is InChI=1S/C11H13F2N3.HI/c1-15-11(14)16-9-5-6(9)10-7(12)3-2-4-8(10)13;/h2-4,6,9H,5H2,1H3,(H3,14,15,16);1H. The summed E-state index contributed by atoms with van der Waals surface area (Å²) in [5.74, 6) is -0.853. The topological polar surface area (TPSA) is 50.4 Å². The largest absolute Gasteiger partial charge is 0.370 e. The van der Waals surface area contributed by atoms with Crippen LogP contribution < -0.4 is 11.1 Å². The predicted molar refractivity (Wildman–Crippen MR) is 73.6 cm³/mol. The van der Waals surface area contributed by atoms with Gasteiger partial charge in [-0.3, -0.25) is 4.99 Å². The summed E-state index contributed by atoms with van der Waals surface area (Å²) in [4.78, 5) is 3.74. The molecular weight excluding hydrogens is 339 g/mol. The first-order valence-electron chi connectivity index (χ1n) is 5.06. The molecule has 3 N–H and O–H groups in total. The van der Waals surface area contributed by atoms with Gasteiger partial charge >= 0.3 is 0 Å². The third-order valence-electron chi connectivity index (χ3n) is 2.74. The summed E-state index contributed by atoms with van der Waals surface area (Å²) in [5, 5.41) is 2.90. The molecule has 0 bridgehead atoms. The second kappa shape index (κ2) is 5.61. The van der Waals surface area contributed by atoms with Gasteiger partial charge in [0, 0.05) is 24.6 Å². The van der Waals surface area contributed by atoms with Crippen LogP contribution in [0.3, 0.4) is 0 Å². The molecule has 1 aromatic rings. The van der Waals surface area contributed by atoms with Gasteiger partial charge in [0.05, 0.1) is 0 Å². The van der Waals surface area contributed by atoms with Crippen LogP contribution >= 0.6 is 24.0 Å². The Labute approximate surface area is 116 Å². The normalized spacial score (nSPS) is 22.9. The molecule has 94 valence electrons. The Morgan fingerprint density at radius 2 is 2.00 bits per heavy atom. The molecule has 1 aliphatic carbocycles. The third kappa shape index (κ3) is 3.05. The lowest BCUT2D eigenvalue weighted by Crippen LogP contribution is -2.33. The van der Waals surface area contributed by atoms with Crippen LogP contribution in [0.2, 0.25) is 0 Å². The van der Waals surface area contributed by atoms with Gasteiger partial charge in [-0.05, 0) is 18.6 Å². The predicted octanol–water partition coefficient (Wildman–Crippen LogP) is 1.97. The Hall–Kier alpha value is -0.920. The second-order valence-electron chi connectivity index (χ2n) is 3.84. The van der Waals surface area contributed by atoms with E-state index in [1.165, 1.54) is 18.2 Å². The molecule has 0 radical (unpaired) electrons. The van der Waals surface area contributed by atoms with Gasteiger partial charge in [0.25, 0.3) is 0 Å². The molecule has 2 rings (SSSR count). The fourth-order valence-corrected chi connectivity index (χ4v) is 1.79. The maximum Gasteiger partial charge on any atom is 0.188 e. The number of aliphatic imine (C=N–C) groups is 1. The molecule has 1 aromatic carbocycles. The number of rotatable bonds is 2. The molecule has 0 heterocycles. The zero-order valence-electron chi connectivity index (χ0n) is 9.28. The van der Waals surface area contributed by atoms with Crippen LogP contribution in [0.4, 0.5) is 8.78 Å². The fourth-order valence-electron chi connectivity index (χ4n) is 1.79. The van der Waals surface area contributed by atoms with E-state index in [1.807, 2.05) is 0 Å². The molecular formula is C11H14F2IN3. The van der Waals surface area contributed by atoms with Crippen molar-refractivity contribution < 1.29 is 8.78 Å². The van der Waals surface area contributed by atoms with Gasteiger partial charge in [-0.1, -0.05) is 6.07 Å². The maximum absolute atomic E-state index is 13.4. The fraction of sp³-hybridized carbons (Fsp3) is 0.364. The number of nitrogens with one attached hydrogen (secondary N) is 1. The highest BCUT2D eigenvalue weighted by Gasteiger charge is 2.42. The van der Waals surface area contributed by atoms with Gasteiger partial charge in [0.2, 0.25) is 0 Å². The summed E-state index contributed by atoms with van der Waals surface area (Å²) in [6.07, 6.45) is 0.675. The highest BCUT2D eigenvalue weighted by Crippen LogP contribution is 2.42.